The molecule has 0 radical (unpaired) electrons. The van der Waals surface area contributed by atoms with Crippen LogP contribution in [-0.4, -0.2) is 28.5 Å². The van der Waals surface area contributed by atoms with Gasteiger partial charge in [0, 0.05) is 9.26 Å². The van der Waals surface area contributed by atoms with Gasteiger partial charge in [-0.1, -0.05) is 18.2 Å². The summed E-state index contributed by atoms with van der Waals surface area (Å²) in [6.07, 6.45) is 1.59. The average molecular weight is 667 g/mol. The van der Waals surface area contributed by atoms with Crippen LogP contribution in [0.3, 0.4) is 0 Å². The van der Waals surface area contributed by atoms with Gasteiger partial charge in [0.1, 0.15) is 24.7 Å². The molecule has 4 rings (SSSR count). The molecule has 0 saturated carbocycles. The van der Waals surface area contributed by atoms with Gasteiger partial charge in [0.15, 0.2) is 0 Å². The molecule has 0 aliphatic carbocycles. The molecule has 3 amide bonds. The number of nitrogens with one attached hydrogen (secondary N) is 1. The zero-order valence-corrected chi connectivity index (χ0v) is 22.5. The molecule has 1 N–H and O–H groups in total. The summed E-state index contributed by atoms with van der Waals surface area (Å²) < 4.78 is 20.5. The Morgan fingerprint density at radius 3 is 2.49 bits per heavy atom. The number of hydrogen-bond acceptors (Lipinski definition) is 5. The second-order valence-corrected chi connectivity index (χ2v) is 10.5. The van der Waals surface area contributed by atoms with E-state index in [0.717, 1.165) is 25.8 Å². The summed E-state index contributed by atoms with van der Waals surface area (Å²) in [5.41, 5.74) is 2.09. The highest BCUT2D eigenvalue weighted by atomic mass is 127. The van der Waals surface area contributed by atoms with Crippen molar-refractivity contribution >= 4 is 79.1 Å². The second kappa shape index (κ2) is 11.4. The number of nitrogens with zero attached hydrogens (tertiary/aromatic N) is 1. The molecular formula is C25H17BrFIN2O4S. The first-order valence-electron chi connectivity index (χ1n) is 10.3. The number of benzene rings is 3. The van der Waals surface area contributed by atoms with Crippen molar-refractivity contribution in [2.24, 2.45) is 0 Å². The first kappa shape index (κ1) is 25.4. The molecule has 1 saturated heterocycles. The highest BCUT2D eigenvalue weighted by Gasteiger charge is 2.36. The minimum atomic E-state index is -0.523. The number of amides is 3. The monoisotopic (exact) mass is 666 g/mol. The normalized spacial score (nSPS) is 14.5. The minimum absolute atomic E-state index is 0.226. The fraction of sp³-hybridized carbons (Fsp3) is 0.0800. The summed E-state index contributed by atoms with van der Waals surface area (Å²) in [6, 6.07) is 18.5. The Labute approximate surface area is 227 Å². The zero-order chi connectivity index (χ0) is 24.9. The van der Waals surface area contributed by atoms with Crippen LogP contribution in [0, 0.1) is 9.39 Å². The van der Waals surface area contributed by atoms with E-state index >= 15 is 0 Å². The van der Waals surface area contributed by atoms with Gasteiger partial charge in [-0.15, -0.1) is 0 Å². The van der Waals surface area contributed by atoms with Crippen molar-refractivity contribution in [2.75, 3.05) is 11.9 Å². The Bertz CT molecular complexity index is 1320. The number of imide groups is 1. The molecule has 1 aliphatic heterocycles. The number of hydrogen-bond donors (Lipinski definition) is 1. The molecule has 0 bridgehead atoms. The summed E-state index contributed by atoms with van der Waals surface area (Å²) in [5.74, 6) is -0.715. The molecule has 0 aromatic heterocycles. The molecule has 3 aromatic rings. The van der Waals surface area contributed by atoms with Crippen molar-refractivity contribution in [2.45, 2.75) is 6.61 Å². The maximum absolute atomic E-state index is 13.0. The largest absolute Gasteiger partial charge is 0.488 e. The number of thioether (sulfide) groups is 1. The first-order valence-corrected chi connectivity index (χ1v) is 12.9. The van der Waals surface area contributed by atoms with Gasteiger partial charge >= 0.3 is 0 Å². The van der Waals surface area contributed by atoms with Crippen molar-refractivity contribution in [1.29, 1.82) is 0 Å². The van der Waals surface area contributed by atoms with E-state index in [2.05, 4.69) is 43.8 Å². The van der Waals surface area contributed by atoms with Crippen molar-refractivity contribution in [3.63, 3.8) is 0 Å². The minimum Gasteiger partial charge on any atom is -0.488 e. The Morgan fingerprint density at radius 2 is 1.80 bits per heavy atom. The highest BCUT2D eigenvalue weighted by Crippen LogP contribution is 2.34. The Balaban J connectivity index is 1.39. The summed E-state index contributed by atoms with van der Waals surface area (Å²) in [6.45, 7) is -0.102. The van der Waals surface area contributed by atoms with E-state index in [4.69, 9.17) is 4.74 Å². The van der Waals surface area contributed by atoms with Crippen LogP contribution in [0.5, 0.6) is 5.75 Å². The van der Waals surface area contributed by atoms with Crippen LogP contribution in [0.4, 0.5) is 14.9 Å². The highest BCUT2D eigenvalue weighted by molar-refractivity contribution is 14.1. The van der Waals surface area contributed by atoms with Gasteiger partial charge in [-0.3, -0.25) is 19.3 Å². The van der Waals surface area contributed by atoms with Crippen LogP contribution in [0.2, 0.25) is 0 Å². The molecule has 10 heteroatoms. The maximum atomic E-state index is 13.0. The summed E-state index contributed by atoms with van der Waals surface area (Å²) >= 11 is 6.40. The van der Waals surface area contributed by atoms with Crippen LogP contribution < -0.4 is 10.1 Å². The van der Waals surface area contributed by atoms with Gasteiger partial charge in [-0.05, 0) is 116 Å². The van der Waals surface area contributed by atoms with Gasteiger partial charge in [-0.2, -0.15) is 0 Å². The molecule has 0 spiro atoms. The standard InChI is InChI=1S/C25H17BrFIN2O4S/c26-20-11-16(3-10-21(20)34-14-15-1-4-17(27)5-2-15)12-22-24(32)30(25(33)35-22)13-23(31)29-19-8-6-18(28)7-9-19/h1-12H,13-14H2,(H,29,31)/b22-12-. The fourth-order valence-electron chi connectivity index (χ4n) is 3.13. The number of ether oxygens (including phenoxy) is 1. The van der Waals surface area contributed by atoms with Crippen molar-refractivity contribution in [1.82, 2.24) is 4.90 Å². The third-order valence-electron chi connectivity index (χ3n) is 4.86. The van der Waals surface area contributed by atoms with Crippen LogP contribution in [0.25, 0.3) is 6.08 Å². The van der Waals surface area contributed by atoms with Gasteiger partial charge in [-0.25, -0.2) is 4.39 Å². The molecule has 178 valence electrons. The molecule has 0 atom stereocenters. The molecule has 1 fully saturated rings. The van der Waals surface area contributed by atoms with Crippen LogP contribution >= 0.6 is 50.3 Å². The molecule has 0 unspecified atom stereocenters. The molecule has 3 aromatic carbocycles. The maximum Gasteiger partial charge on any atom is 0.294 e. The van der Waals surface area contributed by atoms with Gasteiger partial charge in [0.05, 0.1) is 9.38 Å². The topological polar surface area (TPSA) is 75.7 Å². The number of carbonyl (C=O) groups is 3. The van der Waals surface area contributed by atoms with Gasteiger partial charge in [0.25, 0.3) is 11.1 Å². The fourth-order valence-corrected chi connectivity index (χ4v) is 4.84. The molecule has 1 aliphatic rings. The molecule has 1 heterocycles. The summed E-state index contributed by atoms with van der Waals surface area (Å²) in [4.78, 5) is 38.6. The van der Waals surface area contributed by atoms with Crippen molar-refractivity contribution in [3.05, 3.63) is 96.6 Å². The number of halogens is 3. The zero-order valence-electron chi connectivity index (χ0n) is 18.0. The smallest absolute Gasteiger partial charge is 0.294 e. The van der Waals surface area contributed by atoms with E-state index in [1.807, 2.05) is 12.1 Å². The Morgan fingerprint density at radius 1 is 1.09 bits per heavy atom. The van der Waals surface area contributed by atoms with E-state index in [1.54, 1.807) is 48.5 Å². The molecule has 35 heavy (non-hydrogen) atoms. The summed E-state index contributed by atoms with van der Waals surface area (Å²) in [7, 11) is 0. The van der Waals surface area contributed by atoms with Crippen LogP contribution in [0.1, 0.15) is 11.1 Å². The lowest BCUT2D eigenvalue weighted by Crippen LogP contribution is -2.36. The average Bonchev–Trinajstić information content (AvgIpc) is 3.08. The number of carbonyl (C=O) groups excluding carboxylic acids is 3. The van der Waals surface area contributed by atoms with Gasteiger partial charge in [0.2, 0.25) is 5.91 Å². The lowest BCUT2D eigenvalue weighted by atomic mass is 10.2. The quantitative estimate of drug-likeness (QED) is 0.232. The molecule has 6 nitrogen and oxygen atoms in total. The van der Waals surface area contributed by atoms with Crippen molar-refractivity contribution < 1.29 is 23.5 Å². The molecular weight excluding hydrogens is 650 g/mol. The van der Waals surface area contributed by atoms with Crippen molar-refractivity contribution in [3.8, 4) is 5.75 Å². The Hall–Kier alpha value is -2.70. The lowest BCUT2D eigenvalue weighted by Gasteiger charge is -2.12. The number of anilines is 1. The van der Waals surface area contributed by atoms with E-state index in [1.165, 1.54) is 12.1 Å². The van der Waals surface area contributed by atoms with Crippen LogP contribution in [-0.2, 0) is 16.2 Å². The predicted molar refractivity (Wildman–Crippen MR) is 145 cm³/mol. The third kappa shape index (κ3) is 6.71. The van der Waals surface area contributed by atoms with E-state index in [9.17, 15) is 18.8 Å². The SMILES string of the molecule is O=C(CN1C(=O)S/C(=C\c2ccc(OCc3ccc(F)cc3)c(Br)c2)C1=O)Nc1ccc(I)cc1. The van der Waals surface area contributed by atoms with E-state index in [0.29, 0.717) is 21.5 Å². The third-order valence-corrected chi connectivity index (χ3v) is 7.11. The van der Waals surface area contributed by atoms with E-state index < -0.39 is 17.1 Å². The summed E-state index contributed by atoms with van der Waals surface area (Å²) in [5, 5.41) is 2.18. The lowest BCUT2D eigenvalue weighted by molar-refractivity contribution is -0.127. The second-order valence-electron chi connectivity index (χ2n) is 7.43. The number of rotatable bonds is 7. The first-order chi connectivity index (χ1) is 16.8. The predicted octanol–water partition coefficient (Wildman–Crippen LogP) is 6.45. The Kier molecular flexibility index (Phi) is 8.24. The van der Waals surface area contributed by atoms with Gasteiger partial charge < -0.3 is 10.1 Å². The van der Waals surface area contributed by atoms with E-state index in [-0.39, 0.29) is 23.9 Å². The van der Waals surface area contributed by atoms with Crippen LogP contribution in [0.15, 0.2) is 76.1 Å².